The Labute approximate surface area is 129 Å². The highest BCUT2D eigenvalue weighted by atomic mass is 79.9. The predicted octanol–water partition coefficient (Wildman–Crippen LogP) is 3.49. The fourth-order valence-corrected chi connectivity index (χ4v) is 2.93. The topological polar surface area (TPSA) is 41.5 Å². The Balaban J connectivity index is 1.99. The molecule has 0 radical (unpaired) electrons. The van der Waals surface area contributed by atoms with Crippen LogP contribution in [0.5, 0.6) is 5.75 Å². The van der Waals surface area contributed by atoms with Crippen LogP contribution in [0.15, 0.2) is 22.7 Å². The van der Waals surface area contributed by atoms with Crippen molar-refractivity contribution in [3.05, 3.63) is 28.2 Å². The maximum atomic E-state index is 9.79. The first-order valence-electron chi connectivity index (χ1n) is 7.27. The SMILES string of the molecule is CCCOc1ccc(Br)cc1CNC1CC(O)C1(C)C. The van der Waals surface area contributed by atoms with Gasteiger partial charge in [-0.3, -0.25) is 0 Å². The fourth-order valence-electron chi connectivity index (χ4n) is 2.52. The van der Waals surface area contributed by atoms with Gasteiger partial charge in [-0.25, -0.2) is 0 Å². The molecular weight excluding hydrogens is 318 g/mol. The van der Waals surface area contributed by atoms with Crippen LogP contribution in [0.2, 0.25) is 0 Å². The molecule has 0 aromatic heterocycles. The lowest BCUT2D eigenvalue weighted by atomic mass is 9.64. The van der Waals surface area contributed by atoms with E-state index in [1.165, 1.54) is 0 Å². The van der Waals surface area contributed by atoms with E-state index in [-0.39, 0.29) is 11.5 Å². The molecule has 112 valence electrons. The standard InChI is InChI=1S/C16H24BrNO2/c1-4-7-20-13-6-5-12(17)8-11(13)10-18-14-9-15(19)16(14,2)3/h5-6,8,14-15,18-19H,4,7,9-10H2,1-3H3. The number of nitrogens with one attached hydrogen (secondary N) is 1. The first kappa shape index (κ1) is 15.8. The Morgan fingerprint density at radius 2 is 2.20 bits per heavy atom. The van der Waals surface area contributed by atoms with Gasteiger partial charge in [-0.1, -0.05) is 36.7 Å². The van der Waals surface area contributed by atoms with Crippen molar-refractivity contribution in [3.8, 4) is 5.75 Å². The molecule has 1 aromatic rings. The van der Waals surface area contributed by atoms with E-state index in [1.54, 1.807) is 0 Å². The molecule has 1 saturated carbocycles. The van der Waals surface area contributed by atoms with Crippen molar-refractivity contribution in [1.29, 1.82) is 0 Å². The molecule has 2 N–H and O–H groups in total. The van der Waals surface area contributed by atoms with Crippen molar-refractivity contribution >= 4 is 15.9 Å². The third-order valence-corrected chi connectivity index (χ3v) is 4.73. The van der Waals surface area contributed by atoms with Gasteiger partial charge < -0.3 is 15.2 Å². The smallest absolute Gasteiger partial charge is 0.123 e. The molecule has 1 fully saturated rings. The first-order valence-corrected chi connectivity index (χ1v) is 8.07. The van der Waals surface area contributed by atoms with Crippen LogP contribution in [-0.4, -0.2) is 23.9 Å². The molecule has 0 saturated heterocycles. The number of benzene rings is 1. The summed E-state index contributed by atoms with van der Waals surface area (Å²) in [7, 11) is 0. The van der Waals surface area contributed by atoms with E-state index in [0.29, 0.717) is 6.04 Å². The molecule has 1 aliphatic carbocycles. The first-order chi connectivity index (χ1) is 9.45. The number of aliphatic hydroxyl groups is 1. The van der Waals surface area contributed by atoms with E-state index in [0.717, 1.165) is 41.8 Å². The molecule has 3 nitrogen and oxygen atoms in total. The number of aliphatic hydroxyl groups excluding tert-OH is 1. The zero-order valence-corrected chi connectivity index (χ0v) is 14.0. The van der Waals surface area contributed by atoms with E-state index in [1.807, 2.05) is 12.1 Å². The van der Waals surface area contributed by atoms with Crippen LogP contribution in [0.4, 0.5) is 0 Å². The second-order valence-corrected chi connectivity index (χ2v) is 7.02. The van der Waals surface area contributed by atoms with Gasteiger partial charge in [0.25, 0.3) is 0 Å². The molecule has 0 spiro atoms. The van der Waals surface area contributed by atoms with Crippen molar-refractivity contribution in [2.24, 2.45) is 5.41 Å². The molecule has 0 aliphatic heterocycles. The third-order valence-electron chi connectivity index (χ3n) is 4.24. The molecule has 20 heavy (non-hydrogen) atoms. The van der Waals surface area contributed by atoms with Crippen LogP contribution < -0.4 is 10.1 Å². The van der Waals surface area contributed by atoms with Gasteiger partial charge in [0.1, 0.15) is 5.75 Å². The molecule has 0 bridgehead atoms. The van der Waals surface area contributed by atoms with E-state index >= 15 is 0 Å². The van der Waals surface area contributed by atoms with Gasteiger partial charge in [-0.2, -0.15) is 0 Å². The minimum absolute atomic E-state index is 0.0452. The third kappa shape index (κ3) is 3.35. The Morgan fingerprint density at radius 3 is 2.80 bits per heavy atom. The lowest BCUT2D eigenvalue weighted by Crippen LogP contribution is -2.59. The van der Waals surface area contributed by atoms with E-state index < -0.39 is 0 Å². The van der Waals surface area contributed by atoms with Crippen molar-refractivity contribution in [2.75, 3.05) is 6.61 Å². The Bertz CT molecular complexity index is 462. The van der Waals surface area contributed by atoms with Gasteiger partial charge in [0.2, 0.25) is 0 Å². The zero-order chi connectivity index (χ0) is 14.8. The van der Waals surface area contributed by atoms with Crippen molar-refractivity contribution < 1.29 is 9.84 Å². The molecule has 0 heterocycles. The predicted molar refractivity (Wildman–Crippen MR) is 85.0 cm³/mol. The monoisotopic (exact) mass is 341 g/mol. The molecule has 0 amide bonds. The van der Waals surface area contributed by atoms with Crippen LogP contribution in [0.1, 0.15) is 39.2 Å². The number of hydrogen-bond acceptors (Lipinski definition) is 3. The van der Waals surface area contributed by atoms with E-state index in [2.05, 4.69) is 48.1 Å². The Hall–Kier alpha value is -0.580. The molecule has 4 heteroatoms. The molecule has 1 aliphatic rings. The zero-order valence-electron chi connectivity index (χ0n) is 12.4. The van der Waals surface area contributed by atoms with E-state index in [9.17, 15) is 5.11 Å². The van der Waals surface area contributed by atoms with Gasteiger partial charge >= 0.3 is 0 Å². The van der Waals surface area contributed by atoms with E-state index in [4.69, 9.17) is 4.74 Å². The average molecular weight is 342 g/mol. The lowest BCUT2D eigenvalue weighted by Gasteiger charge is -2.49. The maximum Gasteiger partial charge on any atom is 0.123 e. The second-order valence-electron chi connectivity index (χ2n) is 6.11. The van der Waals surface area contributed by atoms with Crippen LogP contribution in [-0.2, 0) is 6.54 Å². The Kier molecular flexibility index (Phi) is 5.10. The minimum Gasteiger partial charge on any atom is -0.493 e. The number of hydrogen-bond donors (Lipinski definition) is 2. The normalized spacial score (nSPS) is 24.2. The molecule has 2 unspecified atom stereocenters. The number of ether oxygens (including phenoxy) is 1. The van der Waals surface area contributed by atoms with Gasteiger partial charge in [0.15, 0.2) is 0 Å². The van der Waals surface area contributed by atoms with Crippen LogP contribution in [0.3, 0.4) is 0 Å². The summed E-state index contributed by atoms with van der Waals surface area (Å²) in [6.45, 7) is 7.82. The van der Waals surface area contributed by atoms with Gasteiger partial charge in [-0.05, 0) is 31.0 Å². The molecule has 2 rings (SSSR count). The summed E-state index contributed by atoms with van der Waals surface area (Å²) in [5.74, 6) is 0.945. The van der Waals surface area contributed by atoms with Crippen LogP contribution >= 0.6 is 15.9 Å². The lowest BCUT2D eigenvalue weighted by molar-refractivity contribution is -0.0730. The second kappa shape index (κ2) is 6.46. The fraction of sp³-hybridized carbons (Fsp3) is 0.625. The summed E-state index contributed by atoms with van der Waals surface area (Å²) in [5, 5.41) is 13.3. The number of halogens is 1. The summed E-state index contributed by atoms with van der Waals surface area (Å²) >= 11 is 3.51. The molecular formula is C16H24BrNO2. The summed E-state index contributed by atoms with van der Waals surface area (Å²) in [6.07, 6.45) is 1.63. The molecule has 1 aromatic carbocycles. The highest BCUT2D eigenvalue weighted by Gasteiger charge is 2.46. The highest BCUT2D eigenvalue weighted by molar-refractivity contribution is 9.10. The van der Waals surface area contributed by atoms with Crippen molar-refractivity contribution in [3.63, 3.8) is 0 Å². The minimum atomic E-state index is -0.196. The summed E-state index contributed by atoms with van der Waals surface area (Å²) in [4.78, 5) is 0. The van der Waals surface area contributed by atoms with Gasteiger partial charge in [0, 0.05) is 28.0 Å². The van der Waals surface area contributed by atoms with Crippen molar-refractivity contribution in [1.82, 2.24) is 5.32 Å². The quantitative estimate of drug-likeness (QED) is 0.832. The van der Waals surface area contributed by atoms with Gasteiger partial charge in [-0.15, -0.1) is 0 Å². The van der Waals surface area contributed by atoms with Crippen LogP contribution in [0.25, 0.3) is 0 Å². The molecule has 2 atom stereocenters. The summed E-state index contributed by atoms with van der Waals surface area (Å²) < 4.78 is 6.85. The summed E-state index contributed by atoms with van der Waals surface area (Å²) in [5.41, 5.74) is 1.11. The maximum absolute atomic E-state index is 9.79. The summed E-state index contributed by atoms with van der Waals surface area (Å²) in [6, 6.07) is 6.47. The van der Waals surface area contributed by atoms with Crippen LogP contribution in [0, 0.1) is 5.41 Å². The van der Waals surface area contributed by atoms with Crippen molar-refractivity contribution in [2.45, 2.75) is 52.3 Å². The largest absolute Gasteiger partial charge is 0.493 e. The number of rotatable bonds is 6. The van der Waals surface area contributed by atoms with Gasteiger partial charge in [0.05, 0.1) is 12.7 Å². The average Bonchev–Trinajstić information content (AvgIpc) is 2.42. The Morgan fingerprint density at radius 1 is 1.45 bits per heavy atom. The highest BCUT2D eigenvalue weighted by Crippen LogP contribution is 2.40.